The first-order valence-electron chi connectivity index (χ1n) is 4.74. The maximum absolute atomic E-state index is 5.98. The van der Waals surface area contributed by atoms with E-state index < -0.39 is 5.79 Å². The summed E-state index contributed by atoms with van der Waals surface area (Å²) in [6.45, 7) is 5.91. The molecule has 2 atom stereocenters. The molecule has 80 valence electrons. The van der Waals surface area contributed by atoms with Gasteiger partial charge in [-0.25, -0.2) is 4.99 Å². The van der Waals surface area contributed by atoms with Crippen LogP contribution in [0.3, 0.4) is 0 Å². The number of rotatable bonds is 2. The summed E-state index contributed by atoms with van der Waals surface area (Å²) in [4.78, 5) is 4.11. The van der Waals surface area contributed by atoms with Crippen LogP contribution in [-0.2, 0) is 0 Å². The van der Waals surface area contributed by atoms with E-state index in [-0.39, 0.29) is 6.04 Å². The Labute approximate surface area is 84.4 Å². The molecule has 5 nitrogen and oxygen atoms in total. The monoisotopic (exact) mass is 197 g/mol. The molecule has 0 spiro atoms. The maximum atomic E-state index is 5.98. The second kappa shape index (κ2) is 3.59. The number of hydrogen-bond donors (Lipinski definition) is 4. The van der Waals surface area contributed by atoms with Crippen LogP contribution >= 0.6 is 0 Å². The number of nitrogens with one attached hydrogen (secondary N) is 1. The molecule has 1 rings (SSSR count). The van der Waals surface area contributed by atoms with Crippen LogP contribution in [0.2, 0.25) is 0 Å². The Morgan fingerprint density at radius 3 is 2.43 bits per heavy atom. The molecule has 0 aromatic rings. The highest BCUT2D eigenvalue weighted by Crippen LogP contribution is 2.16. The van der Waals surface area contributed by atoms with E-state index in [2.05, 4.69) is 24.2 Å². The zero-order chi connectivity index (χ0) is 10.9. The molecule has 2 unspecified atom stereocenters. The Morgan fingerprint density at radius 1 is 1.43 bits per heavy atom. The van der Waals surface area contributed by atoms with Gasteiger partial charge in [-0.3, -0.25) is 5.73 Å². The molecule has 0 radical (unpaired) electrons. The summed E-state index contributed by atoms with van der Waals surface area (Å²) in [5.74, 6) is -0.226. The van der Waals surface area contributed by atoms with Gasteiger partial charge in [0.2, 0.25) is 0 Å². The summed E-state index contributed by atoms with van der Waals surface area (Å²) in [6, 6.07) is -0.302. The second-order valence-electron chi connectivity index (χ2n) is 4.03. The van der Waals surface area contributed by atoms with Crippen molar-refractivity contribution in [3.63, 3.8) is 0 Å². The molecule has 0 amide bonds. The minimum atomic E-state index is -0.974. The van der Waals surface area contributed by atoms with Gasteiger partial charge < -0.3 is 16.8 Å². The first-order valence-corrected chi connectivity index (χ1v) is 4.74. The van der Waals surface area contributed by atoms with Gasteiger partial charge >= 0.3 is 0 Å². The Bertz CT molecular complexity index is 279. The smallest absolute Gasteiger partial charge is 0.199 e. The van der Waals surface area contributed by atoms with Gasteiger partial charge in [-0.1, -0.05) is 13.8 Å². The lowest BCUT2D eigenvalue weighted by molar-refractivity contribution is 0.310. The fraction of sp³-hybridized carbons (Fsp3) is 0.667. The minimum Gasteiger partial charge on any atom is -0.384 e. The number of hydrogen-bond acceptors (Lipinski definition) is 5. The first kappa shape index (κ1) is 11.0. The predicted molar refractivity (Wildman–Crippen MR) is 58.2 cm³/mol. The summed E-state index contributed by atoms with van der Waals surface area (Å²) in [5.41, 5.74) is 18.4. The summed E-state index contributed by atoms with van der Waals surface area (Å²) in [5, 5.41) is 3.11. The van der Waals surface area contributed by atoms with Crippen LogP contribution in [0.25, 0.3) is 0 Å². The Balaban J connectivity index is 2.96. The van der Waals surface area contributed by atoms with Crippen LogP contribution < -0.4 is 22.5 Å². The van der Waals surface area contributed by atoms with Gasteiger partial charge in [0.25, 0.3) is 0 Å². The quantitative estimate of drug-likeness (QED) is 0.477. The molecule has 1 aliphatic rings. The maximum Gasteiger partial charge on any atom is 0.199 e. The average molecular weight is 197 g/mol. The van der Waals surface area contributed by atoms with E-state index in [4.69, 9.17) is 17.2 Å². The van der Waals surface area contributed by atoms with Crippen LogP contribution in [0.5, 0.6) is 0 Å². The van der Waals surface area contributed by atoms with Crippen LogP contribution in [0.1, 0.15) is 20.8 Å². The summed E-state index contributed by atoms with van der Waals surface area (Å²) in [7, 11) is 0. The van der Waals surface area contributed by atoms with Crippen molar-refractivity contribution in [2.75, 3.05) is 0 Å². The number of aliphatic imine (C=N–C) groups is 1. The topological polar surface area (TPSA) is 102 Å². The number of nitrogens with two attached hydrogens (primary N) is 3. The summed E-state index contributed by atoms with van der Waals surface area (Å²) < 4.78 is 0. The van der Waals surface area contributed by atoms with Gasteiger partial charge in [-0.15, -0.1) is 0 Å². The molecule has 7 N–H and O–H groups in total. The van der Waals surface area contributed by atoms with Crippen molar-refractivity contribution >= 4 is 5.84 Å². The summed E-state index contributed by atoms with van der Waals surface area (Å²) in [6.07, 6.45) is 1.79. The molecule has 0 saturated heterocycles. The normalized spacial score (nSPS) is 29.3. The third-order valence-corrected chi connectivity index (χ3v) is 2.28. The molecular weight excluding hydrogens is 178 g/mol. The van der Waals surface area contributed by atoms with Crippen molar-refractivity contribution in [2.24, 2.45) is 28.1 Å². The number of nitrogens with zero attached hydrogens (tertiary/aromatic N) is 1. The van der Waals surface area contributed by atoms with Crippen molar-refractivity contribution in [3.8, 4) is 0 Å². The minimum absolute atomic E-state index is 0.302. The van der Waals surface area contributed by atoms with E-state index in [1.54, 1.807) is 13.0 Å². The first-order chi connectivity index (χ1) is 6.35. The van der Waals surface area contributed by atoms with Gasteiger partial charge in [-0.2, -0.15) is 0 Å². The highest BCUT2D eigenvalue weighted by atomic mass is 15.3. The Hall–Kier alpha value is -1.07. The molecule has 0 bridgehead atoms. The molecule has 0 saturated carbocycles. The van der Waals surface area contributed by atoms with Crippen LogP contribution in [0.15, 0.2) is 16.8 Å². The SMILES string of the molecule is CC(C)C1=CC(N)=NC(N)(C(C)N)N1. The molecule has 0 fully saturated rings. The van der Waals surface area contributed by atoms with E-state index in [0.29, 0.717) is 11.8 Å². The zero-order valence-electron chi connectivity index (χ0n) is 8.91. The van der Waals surface area contributed by atoms with Crippen LogP contribution in [-0.4, -0.2) is 17.7 Å². The predicted octanol–water partition coefficient (Wildman–Crippen LogP) is -0.554. The van der Waals surface area contributed by atoms with Gasteiger partial charge in [0.05, 0.1) is 6.04 Å². The highest BCUT2D eigenvalue weighted by Gasteiger charge is 2.32. The van der Waals surface area contributed by atoms with E-state index >= 15 is 0 Å². The molecule has 0 aliphatic carbocycles. The molecule has 1 heterocycles. The van der Waals surface area contributed by atoms with E-state index in [9.17, 15) is 0 Å². The molecule has 5 heteroatoms. The molecule has 0 aromatic heterocycles. The lowest BCUT2D eigenvalue weighted by Crippen LogP contribution is -2.64. The molecular formula is C9H19N5. The van der Waals surface area contributed by atoms with E-state index in [1.165, 1.54) is 0 Å². The fourth-order valence-electron chi connectivity index (χ4n) is 1.23. The summed E-state index contributed by atoms with van der Waals surface area (Å²) >= 11 is 0. The van der Waals surface area contributed by atoms with Crippen molar-refractivity contribution in [1.29, 1.82) is 0 Å². The van der Waals surface area contributed by atoms with Gasteiger partial charge in [0, 0.05) is 5.70 Å². The second-order valence-corrected chi connectivity index (χ2v) is 4.03. The number of amidine groups is 1. The van der Waals surface area contributed by atoms with Crippen LogP contribution in [0, 0.1) is 5.92 Å². The highest BCUT2D eigenvalue weighted by molar-refractivity contribution is 5.93. The van der Waals surface area contributed by atoms with Gasteiger partial charge in [0.15, 0.2) is 5.79 Å². The van der Waals surface area contributed by atoms with E-state index in [1.807, 2.05) is 0 Å². The van der Waals surface area contributed by atoms with Gasteiger partial charge in [0.1, 0.15) is 5.84 Å². The fourth-order valence-corrected chi connectivity index (χ4v) is 1.23. The zero-order valence-corrected chi connectivity index (χ0v) is 8.91. The van der Waals surface area contributed by atoms with Crippen molar-refractivity contribution in [2.45, 2.75) is 32.6 Å². The molecule has 0 aromatic carbocycles. The lowest BCUT2D eigenvalue weighted by Gasteiger charge is -2.36. The van der Waals surface area contributed by atoms with E-state index in [0.717, 1.165) is 5.70 Å². The van der Waals surface area contributed by atoms with Crippen molar-refractivity contribution in [3.05, 3.63) is 11.8 Å². The van der Waals surface area contributed by atoms with Crippen molar-refractivity contribution < 1.29 is 0 Å². The van der Waals surface area contributed by atoms with Gasteiger partial charge in [-0.05, 0) is 18.9 Å². The standard InChI is InChI=1S/C9H19N5/c1-5(2)7-4-8(11)14-9(12,13-7)6(3)10/h4-6,13H,10,12H2,1-3H3,(H2,11,14). The largest absolute Gasteiger partial charge is 0.384 e. The lowest BCUT2D eigenvalue weighted by atomic mass is 10.0. The average Bonchev–Trinajstić information content (AvgIpc) is 2.02. The number of allylic oxidation sites excluding steroid dienone is 1. The Kier molecular flexibility index (Phi) is 2.82. The van der Waals surface area contributed by atoms with Crippen molar-refractivity contribution in [1.82, 2.24) is 5.32 Å². The third-order valence-electron chi connectivity index (χ3n) is 2.28. The molecule has 14 heavy (non-hydrogen) atoms. The van der Waals surface area contributed by atoms with Crippen LogP contribution in [0.4, 0.5) is 0 Å². The third kappa shape index (κ3) is 2.05. The molecule has 1 aliphatic heterocycles. The Morgan fingerprint density at radius 2 is 2.00 bits per heavy atom.